The first-order valence-corrected chi connectivity index (χ1v) is 9.86. The van der Waals surface area contributed by atoms with Crippen molar-refractivity contribution >= 4 is 10.5 Å². The van der Waals surface area contributed by atoms with Gasteiger partial charge in [-0.2, -0.15) is 8.42 Å². The lowest BCUT2D eigenvalue weighted by Crippen LogP contribution is -2.23. The van der Waals surface area contributed by atoms with E-state index in [0.29, 0.717) is 6.54 Å². The van der Waals surface area contributed by atoms with Gasteiger partial charge in [0.15, 0.2) is 0 Å². The standard InChI is InChI=1S/C21H20FNO3S/c22-27(24,25)26-20-13-11-18(12-14-20)16-23-21(19-9-5-2-6-10-19)15-17-7-3-1-4-8-17/h1-14,21,23H,15-16H2. The zero-order valence-electron chi connectivity index (χ0n) is 14.6. The van der Waals surface area contributed by atoms with Crippen LogP contribution in [0.15, 0.2) is 84.9 Å². The van der Waals surface area contributed by atoms with Crippen LogP contribution in [0.5, 0.6) is 5.75 Å². The summed E-state index contributed by atoms with van der Waals surface area (Å²) in [5.41, 5.74) is 3.35. The van der Waals surface area contributed by atoms with Crippen molar-refractivity contribution in [3.05, 3.63) is 102 Å². The molecule has 0 saturated carbocycles. The Hall–Kier alpha value is -2.70. The molecule has 3 aromatic rings. The first-order valence-electron chi connectivity index (χ1n) is 8.55. The molecule has 140 valence electrons. The zero-order valence-corrected chi connectivity index (χ0v) is 15.4. The summed E-state index contributed by atoms with van der Waals surface area (Å²) in [4.78, 5) is 0. The van der Waals surface area contributed by atoms with Gasteiger partial charge in [-0.25, -0.2) is 0 Å². The Morgan fingerprint density at radius 2 is 1.41 bits per heavy atom. The van der Waals surface area contributed by atoms with Crippen molar-refractivity contribution < 1.29 is 16.5 Å². The van der Waals surface area contributed by atoms with Gasteiger partial charge >= 0.3 is 10.5 Å². The van der Waals surface area contributed by atoms with Gasteiger partial charge in [-0.1, -0.05) is 76.7 Å². The second kappa shape index (κ2) is 8.79. The monoisotopic (exact) mass is 385 g/mol. The first-order chi connectivity index (χ1) is 13.0. The van der Waals surface area contributed by atoms with Crippen LogP contribution in [-0.2, 0) is 23.5 Å². The minimum Gasteiger partial charge on any atom is -0.358 e. The van der Waals surface area contributed by atoms with Gasteiger partial charge in [-0.05, 0) is 35.2 Å². The third-order valence-electron chi connectivity index (χ3n) is 4.16. The predicted octanol–water partition coefficient (Wildman–Crippen LogP) is 4.35. The minimum atomic E-state index is -5.00. The molecular formula is C21H20FNO3S. The quantitative estimate of drug-likeness (QED) is 0.586. The van der Waals surface area contributed by atoms with E-state index in [1.54, 1.807) is 12.1 Å². The molecule has 1 N–H and O–H groups in total. The molecule has 4 nitrogen and oxygen atoms in total. The Balaban J connectivity index is 1.69. The number of hydrogen-bond donors (Lipinski definition) is 1. The molecule has 0 spiro atoms. The highest BCUT2D eigenvalue weighted by Crippen LogP contribution is 2.20. The smallest absolute Gasteiger partial charge is 0.358 e. The number of hydrogen-bond acceptors (Lipinski definition) is 4. The zero-order chi connectivity index (χ0) is 19.1. The SMILES string of the molecule is O=S(=O)(F)Oc1ccc(CNC(Cc2ccccc2)c2ccccc2)cc1. The fourth-order valence-corrected chi connectivity index (χ4v) is 3.20. The highest BCUT2D eigenvalue weighted by atomic mass is 32.3. The molecule has 0 aliphatic rings. The van der Waals surface area contributed by atoms with Gasteiger partial charge < -0.3 is 9.50 Å². The van der Waals surface area contributed by atoms with Crippen LogP contribution in [-0.4, -0.2) is 8.42 Å². The fraction of sp³-hybridized carbons (Fsp3) is 0.143. The molecular weight excluding hydrogens is 365 g/mol. The van der Waals surface area contributed by atoms with Crippen LogP contribution in [0.3, 0.4) is 0 Å². The highest BCUT2D eigenvalue weighted by Gasteiger charge is 2.12. The fourth-order valence-electron chi connectivity index (χ4n) is 2.86. The summed E-state index contributed by atoms with van der Waals surface area (Å²) in [6, 6.07) is 26.8. The lowest BCUT2D eigenvalue weighted by molar-refractivity contribution is 0.440. The molecule has 0 aromatic heterocycles. The normalized spacial score (nSPS) is 12.5. The average Bonchev–Trinajstić information content (AvgIpc) is 2.66. The molecule has 0 fully saturated rings. The van der Waals surface area contributed by atoms with E-state index in [-0.39, 0.29) is 11.8 Å². The molecule has 3 rings (SSSR count). The minimum absolute atomic E-state index is 0.0508. The lowest BCUT2D eigenvalue weighted by Gasteiger charge is -2.20. The molecule has 27 heavy (non-hydrogen) atoms. The van der Waals surface area contributed by atoms with Gasteiger partial charge in [-0.15, -0.1) is 0 Å². The molecule has 1 unspecified atom stereocenters. The van der Waals surface area contributed by atoms with Gasteiger partial charge in [0.05, 0.1) is 0 Å². The third kappa shape index (κ3) is 6.20. The summed E-state index contributed by atoms with van der Waals surface area (Å²) in [5.74, 6) is -0.0508. The van der Waals surface area contributed by atoms with Crippen LogP contribution < -0.4 is 9.50 Å². The van der Waals surface area contributed by atoms with E-state index in [1.807, 2.05) is 36.4 Å². The first kappa shape index (κ1) is 19.1. The van der Waals surface area contributed by atoms with Crippen LogP contribution in [0.1, 0.15) is 22.7 Å². The van der Waals surface area contributed by atoms with Crippen molar-refractivity contribution in [1.82, 2.24) is 5.32 Å². The van der Waals surface area contributed by atoms with Crippen LogP contribution in [0.2, 0.25) is 0 Å². The molecule has 0 aliphatic carbocycles. The van der Waals surface area contributed by atoms with E-state index in [9.17, 15) is 12.3 Å². The Morgan fingerprint density at radius 3 is 2.00 bits per heavy atom. The van der Waals surface area contributed by atoms with Crippen molar-refractivity contribution in [3.8, 4) is 5.75 Å². The van der Waals surface area contributed by atoms with Crippen LogP contribution in [0.25, 0.3) is 0 Å². The van der Waals surface area contributed by atoms with E-state index in [0.717, 1.165) is 12.0 Å². The number of nitrogens with one attached hydrogen (secondary N) is 1. The van der Waals surface area contributed by atoms with Crippen molar-refractivity contribution in [1.29, 1.82) is 0 Å². The third-order valence-corrected chi connectivity index (χ3v) is 4.55. The average molecular weight is 385 g/mol. The van der Waals surface area contributed by atoms with Crippen molar-refractivity contribution in [2.45, 2.75) is 19.0 Å². The van der Waals surface area contributed by atoms with E-state index in [4.69, 9.17) is 0 Å². The molecule has 0 amide bonds. The Labute approximate surface area is 159 Å². The molecule has 6 heteroatoms. The summed E-state index contributed by atoms with van der Waals surface area (Å²) in [5, 5.41) is 3.54. The molecule has 0 saturated heterocycles. The maximum absolute atomic E-state index is 12.6. The molecule has 3 aromatic carbocycles. The molecule has 1 atom stereocenters. The Bertz CT molecular complexity index is 946. The second-order valence-electron chi connectivity index (χ2n) is 6.15. The van der Waals surface area contributed by atoms with Gasteiger partial charge in [0.25, 0.3) is 0 Å². The summed E-state index contributed by atoms with van der Waals surface area (Å²) in [6.45, 7) is 0.578. The van der Waals surface area contributed by atoms with Gasteiger partial charge in [0.1, 0.15) is 5.75 Å². The highest BCUT2D eigenvalue weighted by molar-refractivity contribution is 7.81. The summed E-state index contributed by atoms with van der Waals surface area (Å²) in [6.07, 6.45) is 0.839. The molecule has 0 radical (unpaired) electrons. The second-order valence-corrected chi connectivity index (χ2v) is 7.11. The van der Waals surface area contributed by atoms with Crippen molar-refractivity contribution in [3.63, 3.8) is 0 Å². The van der Waals surface area contributed by atoms with Crippen molar-refractivity contribution in [2.75, 3.05) is 0 Å². The van der Waals surface area contributed by atoms with Gasteiger partial charge in [-0.3, -0.25) is 0 Å². The number of halogens is 1. The van der Waals surface area contributed by atoms with Gasteiger partial charge in [0.2, 0.25) is 0 Å². The van der Waals surface area contributed by atoms with Crippen LogP contribution in [0.4, 0.5) is 3.89 Å². The molecule has 0 aliphatic heterocycles. The number of benzene rings is 3. The van der Waals surface area contributed by atoms with E-state index >= 15 is 0 Å². The van der Waals surface area contributed by atoms with E-state index in [1.165, 1.54) is 23.3 Å². The topological polar surface area (TPSA) is 55.4 Å². The maximum Gasteiger partial charge on any atom is 0.488 e. The van der Waals surface area contributed by atoms with Crippen molar-refractivity contribution in [2.24, 2.45) is 0 Å². The Kier molecular flexibility index (Phi) is 6.21. The Morgan fingerprint density at radius 1 is 0.815 bits per heavy atom. The summed E-state index contributed by atoms with van der Waals surface area (Å²) >= 11 is 0. The van der Waals surface area contributed by atoms with Crippen LogP contribution >= 0.6 is 0 Å². The predicted molar refractivity (Wildman–Crippen MR) is 103 cm³/mol. The molecule has 0 heterocycles. The number of rotatable bonds is 8. The van der Waals surface area contributed by atoms with Crippen LogP contribution in [0, 0.1) is 0 Å². The van der Waals surface area contributed by atoms with E-state index < -0.39 is 10.5 Å². The molecule has 0 bridgehead atoms. The summed E-state index contributed by atoms with van der Waals surface area (Å²) in [7, 11) is -5.00. The largest absolute Gasteiger partial charge is 0.488 e. The van der Waals surface area contributed by atoms with Gasteiger partial charge in [0, 0.05) is 12.6 Å². The lowest BCUT2D eigenvalue weighted by atomic mass is 9.98. The van der Waals surface area contributed by atoms with E-state index in [2.05, 4.69) is 33.8 Å². The maximum atomic E-state index is 12.6. The summed E-state index contributed by atoms with van der Waals surface area (Å²) < 4.78 is 37.8.